The summed E-state index contributed by atoms with van der Waals surface area (Å²) in [6.07, 6.45) is 0.338. The zero-order valence-corrected chi connectivity index (χ0v) is 18.5. The number of fused-ring (bicyclic) bond motifs is 1. The third-order valence-electron chi connectivity index (χ3n) is 5.66. The Labute approximate surface area is 201 Å². The second-order valence-electron chi connectivity index (χ2n) is 8.17. The van der Waals surface area contributed by atoms with E-state index in [2.05, 4.69) is 14.7 Å². The van der Waals surface area contributed by atoms with Gasteiger partial charge in [-0.2, -0.15) is 0 Å². The first kappa shape index (κ1) is 23.7. The molecule has 0 spiro atoms. The molecule has 0 unspecified atom stereocenters. The number of para-hydroxylation sites is 1. The number of hydrogen-bond acceptors (Lipinski definition) is 3. The first-order valence-electron chi connectivity index (χ1n) is 10.9. The van der Waals surface area contributed by atoms with E-state index in [9.17, 15) is 26.3 Å². The molecule has 2 aliphatic heterocycles. The summed E-state index contributed by atoms with van der Waals surface area (Å²) in [6.45, 7) is 0.224. The van der Waals surface area contributed by atoms with Gasteiger partial charge in [-0.3, -0.25) is 0 Å². The Balaban J connectivity index is 1.40. The molecule has 0 aromatic heterocycles. The Bertz CT molecular complexity index is 1470. The minimum absolute atomic E-state index is 0.00580. The highest BCUT2D eigenvalue weighted by molar-refractivity contribution is 5.77. The smallest absolute Gasteiger partial charge is 0.405 e. The van der Waals surface area contributed by atoms with Gasteiger partial charge in [-0.1, -0.05) is 36.4 Å². The second kappa shape index (κ2) is 9.18. The molecule has 36 heavy (non-hydrogen) atoms. The van der Waals surface area contributed by atoms with E-state index in [1.807, 2.05) is 0 Å². The van der Waals surface area contributed by atoms with Crippen LogP contribution in [0.15, 0.2) is 78.7 Å². The average Bonchev–Trinajstić information content (AvgIpc) is 3.24. The van der Waals surface area contributed by atoms with Gasteiger partial charge in [-0.25, -0.2) is 23.1 Å². The molecular weight excluding hydrogens is 484 g/mol. The van der Waals surface area contributed by atoms with Crippen molar-refractivity contribution < 1.29 is 31.1 Å². The molecule has 0 saturated heterocycles. The van der Waals surface area contributed by atoms with E-state index >= 15 is 0 Å². The van der Waals surface area contributed by atoms with E-state index < -0.39 is 29.6 Å². The van der Waals surface area contributed by atoms with Crippen LogP contribution in [0.4, 0.5) is 26.3 Å². The molecule has 1 aliphatic carbocycles. The molecule has 0 radical (unpaired) electrons. The number of rotatable bonds is 5. The van der Waals surface area contributed by atoms with E-state index in [4.69, 9.17) is 0 Å². The molecule has 184 valence electrons. The molecule has 3 aliphatic rings. The fraction of sp³-hybridized carbons (Fsp3) is 0.154. The van der Waals surface area contributed by atoms with Gasteiger partial charge in [0.2, 0.25) is 0 Å². The van der Waals surface area contributed by atoms with Gasteiger partial charge in [-0.15, -0.1) is 13.2 Å². The Morgan fingerprint density at radius 3 is 2.47 bits per heavy atom. The van der Waals surface area contributed by atoms with E-state index in [0.717, 1.165) is 6.07 Å². The fourth-order valence-corrected chi connectivity index (χ4v) is 4.04. The number of allylic oxidation sites excluding steroid dienone is 4. The van der Waals surface area contributed by atoms with Crippen molar-refractivity contribution >= 4 is 5.57 Å². The lowest BCUT2D eigenvalue weighted by Crippen LogP contribution is -2.17. The molecular formula is C26H17F6N3O. The summed E-state index contributed by atoms with van der Waals surface area (Å²) in [6, 6.07) is 11.2. The van der Waals surface area contributed by atoms with Crippen LogP contribution < -0.4 is 4.74 Å². The highest BCUT2D eigenvalue weighted by atomic mass is 19.4. The van der Waals surface area contributed by atoms with Crippen LogP contribution in [0.3, 0.4) is 0 Å². The SMILES string of the molecule is FC1=C(F)C(c2nc3ccn(Cc4ccc(-c5ccccc5OC(F)(F)F)c(F)c4)cc-3n2)=CCC1. The van der Waals surface area contributed by atoms with Crippen LogP contribution in [-0.4, -0.2) is 20.9 Å². The van der Waals surface area contributed by atoms with Crippen LogP contribution in [0.1, 0.15) is 24.2 Å². The van der Waals surface area contributed by atoms with Gasteiger partial charge >= 0.3 is 6.36 Å². The van der Waals surface area contributed by atoms with Crippen molar-refractivity contribution in [2.75, 3.05) is 0 Å². The molecule has 2 aromatic carbocycles. The van der Waals surface area contributed by atoms with Crippen LogP contribution in [-0.2, 0) is 6.54 Å². The molecule has 2 heterocycles. The average molecular weight is 501 g/mol. The van der Waals surface area contributed by atoms with E-state index in [1.54, 1.807) is 35.2 Å². The van der Waals surface area contributed by atoms with E-state index in [-0.39, 0.29) is 35.5 Å². The number of alkyl halides is 3. The van der Waals surface area contributed by atoms with Gasteiger partial charge in [0.05, 0.1) is 11.3 Å². The lowest BCUT2D eigenvalue weighted by atomic mass is 10.0. The molecule has 0 N–H and O–H groups in total. The number of benzene rings is 2. The van der Waals surface area contributed by atoms with E-state index in [1.165, 1.54) is 30.3 Å². The summed E-state index contributed by atoms with van der Waals surface area (Å²) < 4.78 is 86.7. The molecule has 0 saturated carbocycles. The Morgan fingerprint density at radius 1 is 0.917 bits per heavy atom. The van der Waals surface area contributed by atoms with Crippen molar-refractivity contribution in [3.05, 3.63) is 95.9 Å². The monoisotopic (exact) mass is 501 g/mol. The van der Waals surface area contributed by atoms with Crippen molar-refractivity contribution in [3.63, 3.8) is 0 Å². The zero-order chi connectivity index (χ0) is 25.4. The van der Waals surface area contributed by atoms with Crippen molar-refractivity contribution in [2.24, 2.45) is 0 Å². The summed E-state index contributed by atoms with van der Waals surface area (Å²) in [5.74, 6) is -2.90. The van der Waals surface area contributed by atoms with Crippen LogP contribution >= 0.6 is 0 Å². The quantitative estimate of drug-likeness (QED) is 0.267. The zero-order valence-electron chi connectivity index (χ0n) is 18.5. The van der Waals surface area contributed by atoms with Crippen molar-refractivity contribution in [2.45, 2.75) is 25.7 Å². The van der Waals surface area contributed by atoms with Crippen LogP contribution in [0.2, 0.25) is 0 Å². The van der Waals surface area contributed by atoms with Crippen LogP contribution in [0, 0.1) is 5.82 Å². The maximum Gasteiger partial charge on any atom is 0.573 e. The fourth-order valence-electron chi connectivity index (χ4n) is 4.04. The minimum Gasteiger partial charge on any atom is -0.405 e. The van der Waals surface area contributed by atoms with Crippen molar-refractivity contribution in [1.29, 1.82) is 0 Å². The van der Waals surface area contributed by atoms with Crippen molar-refractivity contribution in [3.8, 4) is 28.3 Å². The van der Waals surface area contributed by atoms with Gasteiger partial charge < -0.3 is 9.30 Å². The molecule has 0 atom stereocenters. The number of nitrogens with zero attached hydrogens (tertiary/aromatic N) is 3. The summed E-state index contributed by atoms with van der Waals surface area (Å²) >= 11 is 0. The first-order valence-corrected chi connectivity index (χ1v) is 10.9. The highest BCUT2D eigenvalue weighted by Crippen LogP contribution is 2.36. The van der Waals surface area contributed by atoms with Gasteiger partial charge in [-0.05, 0) is 30.2 Å². The van der Waals surface area contributed by atoms with Gasteiger partial charge in [0.25, 0.3) is 0 Å². The summed E-state index contributed by atoms with van der Waals surface area (Å²) in [5, 5.41) is 0. The maximum atomic E-state index is 14.9. The van der Waals surface area contributed by atoms with Gasteiger partial charge in [0, 0.05) is 36.5 Å². The van der Waals surface area contributed by atoms with Crippen molar-refractivity contribution in [1.82, 2.24) is 14.5 Å². The molecule has 0 fully saturated rings. The molecule has 0 amide bonds. The van der Waals surface area contributed by atoms with Crippen LogP contribution in [0.5, 0.6) is 5.75 Å². The number of hydrogen-bond donors (Lipinski definition) is 0. The Kier molecular flexibility index (Phi) is 6.03. The minimum atomic E-state index is -4.91. The molecule has 10 heteroatoms. The largest absolute Gasteiger partial charge is 0.573 e. The number of halogens is 6. The van der Waals surface area contributed by atoms with Gasteiger partial charge in [0.15, 0.2) is 11.7 Å². The number of aromatic nitrogens is 3. The number of imidazole rings is 1. The Morgan fingerprint density at radius 2 is 1.69 bits per heavy atom. The third-order valence-corrected chi connectivity index (χ3v) is 5.66. The normalized spacial score (nSPS) is 14.3. The lowest BCUT2D eigenvalue weighted by molar-refractivity contribution is -0.274. The molecule has 2 aromatic rings. The summed E-state index contributed by atoms with van der Waals surface area (Å²) in [5.41, 5.74) is 1.44. The highest BCUT2D eigenvalue weighted by Gasteiger charge is 2.32. The Hall–Kier alpha value is -4.08. The second-order valence-corrected chi connectivity index (χ2v) is 8.17. The number of pyridine rings is 1. The molecule has 5 rings (SSSR count). The topological polar surface area (TPSA) is 39.9 Å². The third kappa shape index (κ3) is 4.84. The lowest BCUT2D eigenvalue weighted by Gasteiger charge is -2.14. The maximum absolute atomic E-state index is 14.9. The summed E-state index contributed by atoms with van der Waals surface area (Å²) in [4.78, 5) is 8.59. The number of ether oxygens (including phenoxy) is 1. The van der Waals surface area contributed by atoms with Gasteiger partial charge in [0.1, 0.15) is 23.1 Å². The first-order chi connectivity index (χ1) is 17.2. The summed E-state index contributed by atoms with van der Waals surface area (Å²) in [7, 11) is 0. The van der Waals surface area contributed by atoms with Crippen LogP contribution in [0.25, 0.3) is 28.1 Å². The predicted octanol–water partition coefficient (Wildman–Crippen LogP) is 7.46. The molecule has 0 bridgehead atoms. The predicted molar refractivity (Wildman–Crippen MR) is 121 cm³/mol. The molecule has 4 nitrogen and oxygen atoms in total. The van der Waals surface area contributed by atoms with E-state index in [0.29, 0.717) is 23.4 Å². The standard InChI is InChI=1S/C26H17F6N3O/c27-19-6-3-5-18(24(19)29)25-33-21-10-11-35(14-22(21)34-25)13-15-8-9-16(20(28)12-15)17-4-1-2-7-23(17)36-26(30,31)32/h1-2,4-5,7-12,14H,3,6,13H2.